The van der Waals surface area contributed by atoms with Crippen LogP contribution in [-0.2, 0) is 0 Å². The molecule has 0 radical (unpaired) electrons. The van der Waals surface area contributed by atoms with Crippen LogP contribution in [0.1, 0.15) is 5.56 Å². The molecular formula is C17H14ClN3OS. The first kappa shape index (κ1) is 15.5. The molecule has 1 N–H and O–H groups in total. The first-order valence-electron chi connectivity index (χ1n) is 6.90. The number of methoxy groups -OCH3 is 1. The van der Waals surface area contributed by atoms with E-state index in [1.165, 1.54) is 11.5 Å². The number of rotatable bonds is 5. The average Bonchev–Trinajstić information content (AvgIpc) is 3.05. The second-order valence-corrected chi connectivity index (χ2v) is 5.79. The van der Waals surface area contributed by atoms with Gasteiger partial charge in [-0.1, -0.05) is 23.7 Å². The van der Waals surface area contributed by atoms with Gasteiger partial charge in [-0.2, -0.15) is 9.47 Å². The van der Waals surface area contributed by atoms with Crippen molar-refractivity contribution in [1.82, 2.24) is 4.37 Å². The van der Waals surface area contributed by atoms with Crippen LogP contribution in [-0.4, -0.2) is 17.7 Å². The summed E-state index contributed by atoms with van der Waals surface area (Å²) in [6.07, 6.45) is 1.74. The topological polar surface area (TPSA) is 46.5 Å². The highest BCUT2D eigenvalue weighted by atomic mass is 35.5. The fourth-order valence-corrected chi connectivity index (χ4v) is 2.79. The highest BCUT2D eigenvalue weighted by Crippen LogP contribution is 2.29. The van der Waals surface area contributed by atoms with Gasteiger partial charge in [-0.25, -0.2) is 0 Å². The Kier molecular flexibility index (Phi) is 4.90. The number of nitrogens with zero attached hydrogens (tertiary/aromatic N) is 2. The highest BCUT2D eigenvalue weighted by molar-refractivity contribution is 7.04. The smallest absolute Gasteiger partial charge is 0.167 e. The lowest BCUT2D eigenvalue weighted by atomic mass is 10.1. The molecule has 1 aromatic heterocycles. The van der Waals surface area contributed by atoms with E-state index in [9.17, 15) is 0 Å². The third-order valence-electron chi connectivity index (χ3n) is 3.22. The van der Waals surface area contributed by atoms with Crippen molar-refractivity contribution in [3.05, 3.63) is 64.5 Å². The largest absolute Gasteiger partial charge is 0.497 e. The van der Waals surface area contributed by atoms with Crippen LogP contribution in [0, 0.1) is 0 Å². The highest BCUT2D eigenvalue weighted by Gasteiger charge is 2.07. The summed E-state index contributed by atoms with van der Waals surface area (Å²) in [4.78, 5) is 0. The number of nitrogens with one attached hydrogen (secondary N) is 1. The number of hydrogen-bond donors (Lipinski definition) is 1. The maximum atomic E-state index is 5.92. The third kappa shape index (κ3) is 3.88. The van der Waals surface area contributed by atoms with Crippen molar-refractivity contribution in [1.29, 1.82) is 0 Å². The van der Waals surface area contributed by atoms with Crippen LogP contribution in [0.15, 0.2) is 59.0 Å². The zero-order valence-electron chi connectivity index (χ0n) is 12.4. The maximum absolute atomic E-state index is 5.92. The summed E-state index contributed by atoms with van der Waals surface area (Å²) < 4.78 is 9.46. The third-order valence-corrected chi connectivity index (χ3v) is 4.11. The fourth-order valence-electron chi connectivity index (χ4n) is 2.01. The number of halogens is 1. The quantitative estimate of drug-likeness (QED) is 0.528. The molecule has 0 aliphatic heterocycles. The zero-order valence-corrected chi connectivity index (χ0v) is 13.9. The van der Waals surface area contributed by atoms with Gasteiger partial charge in [0.1, 0.15) is 5.75 Å². The van der Waals surface area contributed by atoms with E-state index in [-0.39, 0.29) is 0 Å². The molecule has 4 nitrogen and oxygen atoms in total. The molecule has 1 heterocycles. The predicted molar refractivity (Wildman–Crippen MR) is 96.8 cm³/mol. The Morgan fingerprint density at radius 1 is 1.13 bits per heavy atom. The second kappa shape index (κ2) is 7.26. The Balaban J connectivity index is 1.72. The van der Waals surface area contributed by atoms with Crippen LogP contribution in [0.2, 0.25) is 5.02 Å². The molecule has 2 aromatic carbocycles. The summed E-state index contributed by atoms with van der Waals surface area (Å²) in [7, 11) is 1.64. The fraction of sp³-hybridized carbons (Fsp3) is 0.0588. The lowest BCUT2D eigenvalue weighted by molar-refractivity contribution is 0.415. The van der Waals surface area contributed by atoms with Gasteiger partial charge >= 0.3 is 0 Å². The van der Waals surface area contributed by atoms with Crippen LogP contribution < -0.4 is 10.2 Å². The lowest BCUT2D eigenvalue weighted by Gasteiger charge is -2.02. The Bertz CT molecular complexity index is 797. The van der Waals surface area contributed by atoms with Crippen molar-refractivity contribution in [2.75, 3.05) is 12.5 Å². The average molecular weight is 344 g/mol. The first-order chi connectivity index (χ1) is 11.3. The minimum Gasteiger partial charge on any atom is -0.497 e. The molecule has 0 saturated carbocycles. The number of hydrazone groups is 1. The van der Waals surface area contributed by atoms with Crippen LogP contribution in [0.3, 0.4) is 0 Å². The summed E-state index contributed by atoms with van der Waals surface area (Å²) in [5.74, 6) is 1.54. The van der Waals surface area contributed by atoms with Gasteiger partial charge in [-0.15, -0.1) is 0 Å². The number of benzene rings is 2. The van der Waals surface area contributed by atoms with Crippen molar-refractivity contribution in [2.24, 2.45) is 5.10 Å². The van der Waals surface area contributed by atoms with E-state index in [1.807, 2.05) is 53.9 Å². The van der Waals surface area contributed by atoms with Gasteiger partial charge in [0.15, 0.2) is 5.82 Å². The van der Waals surface area contributed by atoms with Crippen molar-refractivity contribution in [3.8, 4) is 16.9 Å². The summed E-state index contributed by atoms with van der Waals surface area (Å²) in [6, 6.07) is 15.3. The molecule has 0 amide bonds. The summed E-state index contributed by atoms with van der Waals surface area (Å²) in [5, 5.41) is 6.94. The van der Waals surface area contributed by atoms with E-state index in [2.05, 4.69) is 14.9 Å². The molecular weight excluding hydrogens is 330 g/mol. The molecule has 0 aliphatic carbocycles. The van der Waals surface area contributed by atoms with Gasteiger partial charge in [-0.05, 0) is 59.1 Å². The molecule has 23 heavy (non-hydrogen) atoms. The lowest BCUT2D eigenvalue weighted by Crippen LogP contribution is -1.93. The minimum atomic E-state index is 0.712. The van der Waals surface area contributed by atoms with Crippen molar-refractivity contribution in [2.45, 2.75) is 0 Å². The SMILES string of the molecule is COc1ccc(/C=N\Nc2nscc2-c2ccc(Cl)cc2)cc1. The van der Waals surface area contributed by atoms with Gasteiger partial charge in [0.05, 0.1) is 13.3 Å². The molecule has 3 aromatic rings. The minimum absolute atomic E-state index is 0.712. The molecule has 3 rings (SSSR count). The van der Waals surface area contributed by atoms with E-state index in [0.717, 1.165) is 28.3 Å². The van der Waals surface area contributed by atoms with E-state index in [4.69, 9.17) is 16.3 Å². The van der Waals surface area contributed by atoms with E-state index in [1.54, 1.807) is 13.3 Å². The van der Waals surface area contributed by atoms with Crippen LogP contribution in [0.5, 0.6) is 5.75 Å². The Hall–Kier alpha value is -2.37. The summed E-state index contributed by atoms with van der Waals surface area (Å²) in [5.41, 5.74) is 6.01. The molecule has 116 valence electrons. The van der Waals surface area contributed by atoms with Gasteiger partial charge in [0.2, 0.25) is 0 Å². The molecule has 0 fully saturated rings. The second-order valence-electron chi connectivity index (χ2n) is 4.73. The number of aromatic nitrogens is 1. The molecule has 6 heteroatoms. The Labute approximate surface area is 143 Å². The van der Waals surface area contributed by atoms with Crippen LogP contribution >= 0.6 is 23.1 Å². The van der Waals surface area contributed by atoms with Gasteiger partial charge in [-0.3, -0.25) is 5.43 Å². The van der Waals surface area contributed by atoms with Gasteiger partial charge in [0.25, 0.3) is 0 Å². The number of hydrogen-bond acceptors (Lipinski definition) is 5. The first-order valence-corrected chi connectivity index (χ1v) is 8.11. The summed E-state index contributed by atoms with van der Waals surface area (Å²) >= 11 is 7.31. The normalized spacial score (nSPS) is 10.9. The molecule has 0 atom stereocenters. The molecule has 0 saturated heterocycles. The maximum Gasteiger partial charge on any atom is 0.167 e. The Morgan fingerprint density at radius 2 is 1.87 bits per heavy atom. The molecule has 0 aliphatic rings. The predicted octanol–water partition coefficient (Wildman–Crippen LogP) is 4.92. The van der Waals surface area contributed by atoms with Crippen molar-refractivity contribution < 1.29 is 4.74 Å². The van der Waals surface area contributed by atoms with E-state index in [0.29, 0.717) is 5.02 Å². The standard InChI is InChI=1S/C17H14ClN3OS/c1-22-15-8-2-12(3-9-15)10-19-20-17-16(11-23-21-17)13-4-6-14(18)7-5-13/h2-11H,1H3,(H,20,21)/b19-10-. The number of anilines is 1. The summed E-state index contributed by atoms with van der Waals surface area (Å²) in [6.45, 7) is 0. The molecule has 0 unspecified atom stereocenters. The van der Waals surface area contributed by atoms with E-state index >= 15 is 0 Å². The Morgan fingerprint density at radius 3 is 2.57 bits per heavy atom. The van der Waals surface area contributed by atoms with Gasteiger partial charge in [0, 0.05) is 16.0 Å². The zero-order chi connectivity index (χ0) is 16.1. The number of ether oxygens (including phenoxy) is 1. The monoisotopic (exact) mass is 343 g/mol. The van der Waals surface area contributed by atoms with E-state index < -0.39 is 0 Å². The van der Waals surface area contributed by atoms with Crippen molar-refractivity contribution >= 4 is 35.2 Å². The molecule has 0 bridgehead atoms. The van der Waals surface area contributed by atoms with Crippen LogP contribution in [0.4, 0.5) is 5.82 Å². The van der Waals surface area contributed by atoms with Crippen LogP contribution in [0.25, 0.3) is 11.1 Å². The molecule has 0 spiro atoms. The van der Waals surface area contributed by atoms with Gasteiger partial charge < -0.3 is 4.74 Å². The van der Waals surface area contributed by atoms with Crippen molar-refractivity contribution in [3.63, 3.8) is 0 Å².